The van der Waals surface area contributed by atoms with Crippen molar-refractivity contribution in [2.24, 2.45) is 0 Å². The van der Waals surface area contributed by atoms with Gasteiger partial charge in [0.1, 0.15) is 0 Å². The highest BCUT2D eigenvalue weighted by Crippen LogP contribution is 2.28. The van der Waals surface area contributed by atoms with Crippen molar-refractivity contribution in [1.29, 1.82) is 0 Å². The highest BCUT2D eigenvalue weighted by atomic mass is 79.9. The van der Waals surface area contributed by atoms with Crippen LogP contribution in [0, 0.1) is 0 Å². The van der Waals surface area contributed by atoms with Crippen LogP contribution in [0.15, 0.2) is 15.9 Å². The van der Waals surface area contributed by atoms with Gasteiger partial charge in [-0.1, -0.05) is 6.92 Å². The van der Waals surface area contributed by atoms with Gasteiger partial charge in [0.15, 0.2) is 0 Å². The first-order chi connectivity index (χ1) is 5.65. The van der Waals surface area contributed by atoms with Crippen LogP contribution in [0.2, 0.25) is 0 Å². The molecule has 66 valence electrons. The van der Waals surface area contributed by atoms with Crippen LogP contribution in [0.5, 0.6) is 0 Å². The van der Waals surface area contributed by atoms with Crippen molar-refractivity contribution in [2.45, 2.75) is 19.3 Å². The Labute approximate surface area is 83.4 Å². The maximum absolute atomic E-state index is 10.7. The second-order valence-corrected chi connectivity index (χ2v) is 4.32. The third-order valence-electron chi connectivity index (χ3n) is 1.64. The van der Waals surface area contributed by atoms with Gasteiger partial charge in [-0.3, -0.25) is 4.79 Å². The standard InChI is InChI=1S/C8H9BrO2S/c1-2-6(8(10)11)7-3-5(9)4-12-7/h3-4,6H,2H2,1H3,(H,10,11). The topological polar surface area (TPSA) is 37.3 Å². The van der Waals surface area contributed by atoms with E-state index in [0.29, 0.717) is 6.42 Å². The quantitative estimate of drug-likeness (QED) is 0.893. The zero-order chi connectivity index (χ0) is 9.14. The van der Waals surface area contributed by atoms with Gasteiger partial charge < -0.3 is 5.11 Å². The van der Waals surface area contributed by atoms with E-state index in [1.54, 1.807) is 0 Å². The molecule has 1 aromatic heterocycles. The summed E-state index contributed by atoms with van der Waals surface area (Å²) in [5, 5.41) is 10.7. The lowest BCUT2D eigenvalue weighted by Crippen LogP contribution is -2.08. The Kier molecular flexibility index (Phi) is 3.29. The molecule has 1 aromatic rings. The van der Waals surface area contributed by atoms with Gasteiger partial charge >= 0.3 is 5.97 Å². The fourth-order valence-electron chi connectivity index (χ4n) is 1.01. The Bertz CT molecular complexity index is 282. The monoisotopic (exact) mass is 248 g/mol. The van der Waals surface area contributed by atoms with Crippen LogP contribution in [0.4, 0.5) is 0 Å². The summed E-state index contributed by atoms with van der Waals surface area (Å²) in [5.74, 6) is -1.09. The molecule has 2 nitrogen and oxygen atoms in total. The fraction of sp³-hybridized carbons (Fsp3) is 0.375. The molecular formula is C8H9BrO2S. The zero-order valence-corrected chi connectivity index (χ0v) is 8.98. The van der Waals surface area contributed by atoms with Crippen molar-refractivity contribution in [3.63, 3.8) is 0 Å². The lowest BCUT2D eigenvalue weighted by atomic mass is 10.1. The molecule has 0 aliphatic carbocycles. The van der Waals surface area contributed by atoms with Crippen LogP contribution in [0.1, 0.15) is 24.1 Å². The summed E-state index contributed by atoms with van der Waals surface area (Å²) in [6.45, 7) is 1.88. The van der Waals surface area contributed by atoms with E-state index in [4.69, 9.17) is 5.11 Å². The van der Waals surface area contributed by atoms with Gasteiger partial charge in [0.2, 0.25) is 0 Å². The highest BCUT2D eigenvalue weighted by Gasteiger charge is 2.18. The van der Waals surface area contributed by atoms with Crippen molar-refractivity contribution in [1.82, 2.24) is 0 Å². The minimum absolute atomic E-state index is 0.346. The largest absolute Gasteiger partial charge is 0.481 e. The second kappa shape index (κ2) is 4.05. The number of carbonyl (C=O) groups is 1. The Morgan fingerprint density at radius 3 is 2.83 bits per heavy atom. The van der Waals surface area contributed by atoms with Crippen LogP contribution < -0.4 is 0 Å². The van der Waals surface area contributed by atoms with Gasteiger partial charge in [-0.2, -0.15) is 0 Å². The van der Waals surface area contributed by atoms with E-state index in [1.165, 1.54) is 11.3 Å². The molecule has 1 unspecified atom stereocenters. The molecule has 0 fully saturated rings. The van der Waals surface area contributed by atoms with Gasteiger partial charge in [0, 0.05) is 14.7 Å². The summed E-state index contributed by atoms with van der Waals surface area (Å²) in [4.78, 5) is 11.6. The van der Waals surface area contributed by atoms with E-state index < -0.39 is 5.97 Å². The van der Waals surface area contributed by atoms with Crippen molar-refractivity contribution >= 4 is 33.2 Å². The molecule has 0 saturated heterocycles. The summed E-state index contributed by atoms with van der Waals surface area (Å²) in [7, 11) is 0. The van der Waals surface area contributed by atoms with Crippen LogP contribution >= 0.6 is 27.3 Å². The summed E-state index contributed by atoms with van der Waals surface area (Å²) in [5.41, 5.74) is 0. The molecule has 12 heavy (non-hydrogen) atoms. The van der Waals surface area contributed by atoms with Crippen molar-refractivity contribution in [3.05, 3.63) is 20.8 Å². The molecule has 0 radical (unpaired) electrons. The minimum atomic E-state index is -0.744. The molecule has 0 aliphatic rings. The van der Waals surface area contributed by atoms with E-state index in [0.717, 1.165) is 9.35 Å². The number of carboxylic acid groups (broad SMARTS) is 1. The summed E-state index contributed by atoms with van der Waals surface area (Å²) in [6.07, 6.45) is 0.641. The molecule has 0 spiro atoms. The Hall–Kier alpha value is -0.350. The van der Waals surface area contributed by atoms with E-state index in [1.807, 2.05) is 18.4 Å². The van der Waals surface area contributed by atoms with Gasteiger partial charge in [-0.05, 0) is 28.4 Å². The molecule has 0 saturated carbocycles. The molecule has 0 aromatic carbocycles. The first kappa shape index (κ1) is 9.74. The lowest BCUT2D eigenvalue weighted by molar-refractivity contribution is -0.138. The first-order valence-electron chi connectivity index (χ1n) is 3.62. The van der Waals surface area contributed by atoms with Crippen molar-refractivity contribution in [3.8, 4) is 0 Å². The average molecular weight is 249 g/mol. The van der Waals surface area contributed by atoms with Gasteiger partial charge in [0.05, 0.1) is 5.92 Å². The number of aliphatic carboxylic acids is 1. The molecule has 0 amide bonds. The molecule has 1 N–H and O–H groups in total. The van der Waals surface area contributed by atoms with Crippen molar-refractivity contribution < 1.29 is 9.90 Å². The Balaban J connectivity index is 2.87. The molecule has 0 aliphatic heterocycles. The molecule has 1 atom stereocenters. The van der Waals surface area contributed by atoms with Gasteiger partial charge in [0.25, 0.3) is 0 Å². The van der Waals surface area contributed by atoms with E-state index in [9.17, 15) is 4.79 Å². The summed E-state index contributed by atoms with van der Waals surface area (Å²) < 4.78 is 0.960. The van der Waals surface area contributed by atoms with E-state index in [-0.39, 0.29) is 5.92 Å². The van der Waals surface area contributed by atoms with Crippen LogP contribution in [0.3, 0.4) is 0 Å². The lowest BCUT2D eigenvalue weighted by Gasteiger charge is -2.05. The maximum atomic E-state index is 10.7. The van der Waals surface area contributed by atoms with Crippen LogP contribution in [-0.2, 0) is 4.79 Å². The molecule has 1 rings (SSSR count). The van der Waals surface area contributed by atoms with Gasteiger partial charge in [-0.25, -0.2) is 0 Å². The average Bonchev–Trinajstić information content (AvgIpc) is 2.37. The van der Waals surface area contributed by atoms with Crippen molar-refractivity contribution in [2.75, 3.05) is 0 Å². The predicted molar refractivity (Wildman–Crippen MR) is 52.7 cm³/mol. The molecule has 1 heterocycles. The number of carboxylic acids is 1. The number of hydrogen-bond acceptors (Lipinski definition) is 2. The zero-order valence-electron chi connectivity index (χ0n) is 6.58. The summed E-state index contributed by atoms with van der Waals surface area (Å²) in [6, 6.07) is 1.87. The highest BCUT2D eigenvalue weighted by molar-refractivity contribution is 9.10. The fourth-order valence-corrected chi connectivity index (χ4v) is 2.63. The Morgan fingerprint density at radius 2 is 2.50 bits per heavy atom. The number of hydrogen-bond donors (Lipinski definition) is 1. The molecule has 0 bridgehead atoms. The molecule has 4 heteroatoms. The number of rotatable bonds is 3. The Morgan fingerprint density at radius 1 is 1.83 bits per heavy atom. The summed E-state index contributed by atoms with van der Waals surface area (Å²) >= 11 is 4.78. The van der Waals surface area contributed by atoms with Crippen LogP contribution in [-0.4, -0.2) is 11.1 Å². The van der Waals surface area contributed by atoms with E-state index in [2.05, 4.69) is 15.9 Å². The number of thiophene rings is 1. The smallest absolute Gasteiger partial charge is 0.311 e. The third kappa shape index (κ3) is 2.08. The normalized spacial score (nSPS) is 12.8. The molecular weight excluding hydrogens is 240 g/mol. The predicted octanol–water partition coefficient (Wildman–Crippen LogP) is 3.09. The first-order valence-corrected chi connectivity index (χ1v) is 5.29. The second-order valence-electron chi connectivity index (χ2n) is 2.47. The minimum Gasteiger partial charge on any atom is -0.481 e. The van der Waals surface area contributed by atoms with E-state index >= 15 is 0 Å². The van der Waals surface area contributed by atoms with Gasteiger partial charge in [-0.15, -0.1) is 11.3 Å². The maximum Gasteiger partial charge on any atom is 0.311 e. The number of halogens is 1. The van der Waals surface area contributed by atoms with Crippen LogP contribution in [0.25, 0.3) is 0 Å². The SMILES string of the molecule is CCC(C(=O)O)c1cc(Br)cs1. The third-order valence-corrected chi connectivity index (χ3v) is 3.44.